The van der Waals surface area contributed by atoms with Gasteiger partial charge >= 0.3 is 0 Å². The Bertz CT molecular complexity index is 714. The van der Waals surface area contributed by atoms with E-state index in [1.165, 1.54) is 0 Å². The number of halogens is 1. The minimum atomic E-state index is -0.487. The van der Waals surface area contributed by atoms with Crippen LogP contribution < -0.4 is 10.2 Å². The molecule has 1 N–H and O–H groups in total. The lowest BCUT2D eigenvalue weighted by Crippen LogP contribution is -2.57. The van der Waals surface area contributed by atoms with Gasteiger partial charge in [-0.25, -0.2) is 0 Å². The first-order chi connectivity index (χ1) is 9.58. The summed E-state index contributed by atoms with van der Waals surface area (Å²) < 4.78 is 0.971. The molecule has 0 saturated carbocycles. The normalized spacial score (nSPS) is 19.3. The number of anilines is 1. The average molecular weight is 333 g/mol. The van der Waals surface area contributed by atoms with Gasteiger partial charge in [-0.15, -0.1) is 0 Å². The van der Waals surface area contributed by atoms with Crippen molar-refractivity contribution >= 4 is 44.2 Å². The predicted octanol–water partition coefficient (Wildman–Crippen LogP) is 2.45. The number of rotatable bonds is 1. The van der Waals surface area contributed by atoms with E-state index in [9.17, 15) is 9.59 Å². The van der Waals surface area contributed by atoms with Crippen molar-refractivity contribution in [1.29, 1.82) is 0 Å². The van der Waals surface area contributed by atoms with Crippen molar-refractivity contribution in [2.75, 3.05) is 11.4 Å². The van der Waals surface area contributed by atoms with Gasteiger partial charge < -0.3 is 10.2 Å². The molecular formula is C15H13BrN2O2. The molecule has 2 aromatic rings. The monoisotopic (exact) mass is 332 g/mol. The summed E-state index contributed by atoms with van der Waals surface area (Å²) >= 11 is 3.51. The zero-order chi connectivity index (χ0) is 14.3. The molecule has 1 atom stereocenters. The topological polar surface area (TPSA) is 49.4 Å². The highest BCUT2D eigenvalue weighted by molar-refractivity contribution is 9.10. The second-order valence-electron chi connectivity index (χ2n) is 4.83. The second kappa shape index (κ2) is 4.90. The molecule has 5 heteroatoms. The Labute approximate surface area is 124 Å². The highest BCUT2D eigenvalue weighted by atomic mass is 79.9. The van der Waals surface area contributed by atoms with Crippen LogP contribution in [0.1, 0.15) is 6.92 Å². The number of amides is 2. The lowest BCUT2D eigenvalue weighted by Gasteiger charge is -2.31. The summed E-state index contributed by atoms with van der Waals surface area (Å²) in [4.78, 5) is 25.5. The molecule has 1 saturated heterocycles. The second-order valence-corrected chi connectivity index (χ2v) is 5.68. The Morgan fingerprint density at radius 3 is 2.60 bits per heavy atom. The Balaban J connectivity index is 2.17. The van der Waals surface area contributed by atoms with Crippen LogP contribution in [-0.2, 0) is 9.59 Å². The van der Waals surface area contributed by atoms with Gasteiger partial charge in [-0.2, -0.15) is 0 Å². The standard InChI is InChI=1S/C15H13BrN2O2/c1-9-15(20)18(8-14(19)17-9)13-7-6-12(16)10-4-2-3-5-11(10)13/h2-7,9H,8H2,1H3,(H,17,19). The number of benzene rings is 2. The molecule has 0 aromatic heterocycles. The number of nitrogens with zero attached hydrogens (tertiary/aromatic N) is 1. The van der Waals surface area contributed by atoms with E-state index in [0.717, 1.165) is 20.9 Å². The summed E-state index contributed by atoms with van der Waals surface area (Å²) in [5, 5.41) is 4.63. The zero-order valence-electron chi connectivity index (χ0n) is 10.9. The Morgan fingerprint density at radius 2 is 1.85 bits per heavy atom. The number of fused-ring (bicyclic) bond motifs is 1. The molecule has 0 radical (unpaired) electrons. The minimum Gasteiger partial charge on any atom is -0.343 e. The van der Waals surface area contributed by atoms with E-state index < -0.39 is 6.04 Å². The lowest BCUT2D eigenvalue weighted by atomic mass is 10.1. The molecule has 20 heavy (non-hydrogen) atoms. The van der Waals surface area contributed by atoms with Crippen molar-refractivity contribution in [2.45, 2.75) is 13.0 Å². The molecule has 1 unspecified atom stereocenters. The minimum absolute atomic E-state index is 0.0643. The third-order valence-electron chi connectivity index (χ3n) is 3.45. The first-order valence-electron chi connectivity index (χ1n) is 6.36. The summed E-state index contributed by atoms with van der Waals surface area (Å²) in [7, 11) is 0. The number of carbonyl (C=O) groups excluding carboxylic acids is 2. The van der Waals surface area contributed by atoms with E-state index in [-0.39, 0.29) is 18.4 Å². The Kier molecular flexibility index (Phi) is 3.22. The molecule has 1 aliphatic heterocycles. The number of carbonyl (C=O) groups is 2. The quantitative estimate of drug-likeness (QED) is 0.872. The van der Waals surface area contributed by atoms with Gasteiger partial charge in [0.15, 0.2) is 0 Å². The predicted molar refractivity (Wildman–Crippen MR) is 81.6 cm³/mol. The van der Waals surface area contributed by atoms with Gasteiger partial charge in [0.25, 0.3) is 0 Å². The molecule has 3 rings (SSSR count). The van der Waals surface area contributed by atoms with Gasteiger partial charge in [0.1, 0.15) is 12.6 Å². The van der Waals surface area contributed by atoms with Gasteiger partial charge in [-0.3, -0.25) is 9.59 Å². The molecule has 2 amide bonds. The van der Waals surface area contributed by atoms with Crippen LogP contribution in [0.5, 0.6) is 0 Å². The van der Waals surface area contributed by atoms with Crippen molar-refractivity contribution in [3.8, 4) is 0 Å². The Morgan fingerprint density at radius 1 is 1.15 bits per heavy atom. The lowest BCUT2D eigenvalue weighted by molar-refractivity contribution is -0.130. The maximum absolute atomic E-state index is 12.3. The summed E-state index contributed by atoms with van der Waals surface area (Å²) in [6.45, 7) is 1.77. The molecule has 102 valence electrons. The van der Waals surface area contributed by atoms with Crippen LogP contribution in [0.25, 0.3) is 10.8 Å². The van der Waals surface area contributed by atoms with E-state index in [1.54, 1.807) is 11.8 Å². The first kappa shape index (κ1) is 13.1. The maximum Gasteiger partial charge on any atom is 0.249 e. The number of hydrogen-bond donors (Lipinski definition) is 1. The largest absolute Gasteiger partial charge is 0.343 e. The van der Waals surface area contributed by atoms with Gasteiger partial charge in [0, 0.05) is 9.86 Å². The van der Waals surface area contributed by atoms with Gasteiger partial charge in [-0.1, -0.05) is 40.2 Å². The average Bonchev–Trinajstić information content (AvgIpc) is 2.44. The fourth-order valence-corrected chi connectivity index (χ4v) is 2.97. The van der Waals surface area contributed by atoms with Gasteiger partial charge in [0.2, 0.25) is 11.8 Å². The van der Waals surface area contributed by atoms with Crippen molar-refractivity contribution in [2.24, 2.45) is 0 Å². The van der Waals surface area contributed by atoms with Crippen LogP contribution in [0.15, 0.2) is 40.9 Å². The van der Waals surface area contributed by atoms with Crippen LogP contribution in [-0.4, -0.2) is 24.4 Å². The zero-order valence-corrected chi connectivity index (χ0v) is 12.5. The highest BCUT2D eigenvalue weighted by Crippen LogP contribution is 2.33. The smallest absolute Gasteiger partial charge is 0.249 e. The van der Waals surface area contributed by atoms with Crippen LogP contribution in [0, 0.1) is 0 Å². The molecule has 4 nitrogen and oxygen atoms in total. The molecule has 0 aliphatic carbocycles. The van der Waals surface area contributed by atoms with Gasteiger partial charge in [-0.05, 0) is 24.4 Å². The molecular weight excluding hydrogens is 320 g/mol. The van der Waals surface area contributed by atoms with E-state index in [1.807, 2.05) is 36.4 Å². The summed E-state index contributed by atoms with van der Waals surface area (Å²) in [5.74, 6) is -0.221. The summed E-state index contributed by atoms with van der Waals surface area (Å²) in [6.07, 6.45) is 0. The number of hydrogen-bond acceptors (Lipinski definition) is 2. The molecule has 2 aromatic carbocycles. The van der Waals surface area contributed by atoms with Crippen LogP contribution in [0.4, 0.5) is 5.69 Å². The fourth-order valence-electron chi connectivity index (χ4n) is 2.49. The van der Waals surface area contributed by atoms with Crippen molar-refractivity contribution in [3.05, 3.63) is 40.9 Å². The van der Waals surface area contributed by atoms with Gasteiger partial charge in [0.05, 0.1) is 5.69 Å². The van der Waals surface area contributed by atoms with Crippen molar-refractivity contribution in [3.63, 3.8) is 0 Å². The van der Waals surface area contributed by atoms with E-state index >= 15 is 0 Å². The molecule has 1 heterocycles. The summed E-state index contributed by atoms with van der Waals surface area (Å²) in [5.41, 5.74) is 0.774. The Hall–Kier alpha value is -1.88. The maximum atomic E-state index is 12.3. The molecule has 1 aliphatic rings. The third-order valence-corrected chi connectivity index (χ3v) is 4.15. The van der Waals surface area contributed by atoms with Crippen LogP contribution >= 0.6 is 15.9 Å². The van der Waals surface area contributed by atoms with Crippen LogP contribution in [0.3, 0.4) is 0 Å². The molecule has 1 fully saturated rings. The summed E-state index contributed by atoms with van der Waals surface area (Å²) in [6, 6.07) is 11.1. The molecule has 0 bridgehead atoms. The van der Waals surface area contributed by atoms with Crippen molar-refractivity contribution in [1.82, 2.24) is 5.32 Å². The van der Waals surface area contributed by atoms with E-state index in [4.69, 9.17) is 0 Å². The number of nitrogens with one attached hydrogen (secondary N) is 1. The highest BCUT2D eigenvalue weighted by Gasteiger charge is 2.31. The first-order valence-corrected chi connectivity index (χ1v) is 7.15. The van der Waals surface area contributed by atoms with E-state index in [2.05, 4.69) is 21.2 Å². The SMILES string of the molecule is CC1NC(=O)CN(c2ccc(Br)c3ccccc23)C1=O. The fraction of sp³-hybridized carbons (Fsp3) is 0.200. The van der Waals surface area contributed by atoms with Crippen LogP contribution in [0.2, 0.25) is 0 Å². The molecule has 0 spiro atoms. The van der Waals surface area contributed by atoms with E-state index in [0.29, 0.717) is 0 Å². The number of piperazine rings is 1. The third kappa shape index (κ3) is 2.08. The van der Waals surface area contributed by atoms with Crippen molar-refractivity contribution < 1.29 is 9.59 Å².